The first-order valence-electron chi connectivity index (χ1n) is 18.3. The summed E-state index contributed by atoms with van der Waals surface area (Å²) in [5.74, 6) is -15.9. The Morgan fingerprint density at radius 1 is 0.607 bits per heavy atom. The van der Waals surface area contributed by atoms with E-state index in [1.165, 1.54) is 6.07 Å². The van der Waals surface area contributed by atoms with Crippen LogP contribution in [0.5, 0.6) is 5.75 Å². The molecule has 0 aliphatic carbocycles. The highest BCUT2D eigenvalue weighted by Crippen LogP contribution is 2.22. The van der Waals surface area contributed by atoms with Gasteiger partial charge in [-0.05, 0) is 43.4 Å². The molecule has 1 aromatic rings. The Morgan fingerprint density at radius 2 is 1.10 bits per heavy atom. The number of aliphatic carboxylic acids is 4. The van der Waals surface area contributed by atoms with Crippen LogP contribution in [0.25, 0.3) is 0 Å². The number of benzene rings is 1. The molecule has 0 aliphatic rings. The lowest BCUT2D eigenvalue weighted by Crippen LogP contribution is -2.60. The van der Waals surface area contributed by atoms with E-state index >= 15 is 0 Å². The molecule has 1 rings (SSSR count). The molecule has 25 heteroatoms. The highest BCUT2D eigenvalue weighted by atomic mass is 16.5. The van der Waals surface area contributed by atoms with Crippen LogP contribution in [0.15, 0.2) is 18.2 Å². The standard InChI is InChI=1S/C36H49N7O18/c1-15(2)9-21(30(37)53)41-34(57)22(11-18-5-7-25(61-14-29(51)52)19(10-18)36(59)60)43-32(55)20(6-8-26(45)46)40-35(58)24(13-28(49)50)42-31(54)16(3)38-33(56)23(12-27(47)48)39-17(4)44/h5,7,10,15-16,20-24H,6,8-9,11-14H2,1-4H3,(H2,37,53)(H,38,56)(H,39,44)(H,40,58)(H,41,57)(H,42,54)(H,43,55)(H,45,46)(H,47,48)(H,49,50)(H,51,52)(H,59,60)/t16-,20-,21-,22-,23-,24-/m0/s1. The number of aromatic carboxylic acids is 1. The van der Waals surface area contributed by atoms with Crippen LogP contribution in [0.3, 0.4) is 0 Å². The van der Waals surface area contributed by atoms with E-state index in [2.05, 4.69) is 31.9 Å². The number of nitrogens with one attached hydrogen (secondary N) is 6. The van der Waals surface area contributed by atoms with Crippen molar-refractivity contribution in [2.45, 2.75) is 102 Å². The second-order valence-corrected chi connectivity index (χ2v) is 13.9. The van der Waals surface area contributed by atoms with E-state index in [4.69, 9.17) is 20.7 Å². The number of hydrogen-bond donors (Lipinski definition) is 12. The Hall–Kier alpha value is -7.34. The fourth-order valence-electron chi connectivity index (χ4n) is 5.34. The van der Waals surface area contributed by atoms with Crippen LogP contribution in [-0.4, -0.2) is 140 Å². The van der Waals surface area contributed by atoms with Crippen molar-refractivity contribution >= 4 is 71.2 Å². The zero-order chi connectivity index (χ0) is 46.7. The Labute approximate surface area is 346 Å². The Morgan fingerprint density at radius 3 is 1.59 bits per heavy atom. The van der Waals surface area contributed by atoms with Gasteiger partial charge < -0.3 is 67.9 Å². The first-order valence-corrected chi connectivity index (χ1v) is 18.3. The molecule has 0 unspecified atom stereocenters. The summed E-state index contributed by atoms with van der Waals surface area (Å²) in [6.45, 7) is 4.58. The smallest absolute Gasteiger partial charge is 0.341 e. The van der Waals surface area contributed by atoms with Gasteiger partial charge in [0.05, 0.1) is 12.8 Å². The maximum atomic E-state index is 13.8. The van der Waals surface area contributed by atoms with Crippen molar-refractivity contribution in [3.8, 4) is 5.75 Å². The van der Waals surface area contributed by atoms with Crippen LogP contribution in [0.1, 0.15) is 75.7 Å². The number of ether oxygens (including phenoxy) is 1. The summed E-state index contributed by atoms with van der Waals surface area (Å²) < 4.78 is 5.01. The van der Waals surface area contributed by atoms with E-state index < -0.39 is 152 Å². The van der Waals surface area contributed by atoms with Gasteiger partial charge >= 0.3 is 29.8 Å². The lowest BCUT2D eigenvalue weighted by atomic mass is 9.99. The molecule has 0 saturated carbocycles. The second kappa shape index (κ2) is 24.6. The van der Waals surface area contributed by atoms with Gasteiger partial charge in [0, 0.05) is 19.8 Å². The van der Waals surface area contributed by atoms with Crippen molar-refractivity contribution in [1.29, 1.82) is 0 Å². The number of carboxylic acid groups (broad SMARTS) is 5. The molecule has 0 saturated heterocycles. The van der Waals surface area contributed by atoms with Crippen LogP contribution in [0.2, 0.25) is 0 Å². The number of carboxylic acids is 5. The third kappa shape index (κ3) is 19.3. The molecular weight excluding hydrogens is 818 g/mol. The number of nitrogens with two attached hydrogens (primary N) is 1. The maximum Gasteiger partial charge on any atom is 0.341 e. The van der Waals surface area contributed by atoms with Crippen molar-refractivity contribution in [3.05, 3.63) is 29.3 Å². The average Bonchev–Trinajstić information content (AvgIpc) is 3.13. The van der Waals surface area contributed by atoms with Crippen molar-refractivity contribution in [2.24, 2.45) is 11.7 Å². The monoisotopic (exact) mass is 867 g/mol. The molecule has 61 heavy (non-hydrogen) atoms. The number of carbonyl (C=O) groups excluding carboxylic acids is 7. The van der Waals surface area contributed by atoms with Gasteiger partial charge in [0.25, 0.3) is 0 Å². The first-order chi connectivity index (χ1) is 28.3. The van der Waals surface area contributed by atoms with Crippen molar-refractivity contribution in [2.75, 3.05) is 6.61 Å². The SMILES string of the molecule is CC(=O)N[C@@H](CC(=O)O)C(=O)N[C@@H](C)C(=O)N[C@@H](CC(=O)O)C(=O)N[C@@H](CCC(=O)O)C(=O)N[C@@H](Cc1ccc(OCC(=O)O)c(C(=O)O)c1)C(=O)N[C@@H](CC(C)C)C(N)=O. The minimum atomic E-state index is -2.00. The Balaban J connectivity index is 3.53. The van der Waals surface area contributed by atoms with E-state index in [0.29, 0.717) is 0 Å². The summed E-state index contributed by atoms with van der Waals surface area (Å²) in [7, 11) is 0. The largest absolute Gasteiger partial charge is 0.481 e. The minimum absolute atomic E-state index is 0.0305. The summed E-state index contributed by atoms with van der Waals surface area (Å²) in [5.41, 5.74) is 4.96. The minimum Gasteiger partial charge on any atom is -0.481 e. The molecule has 0 heterocycles. The Bertz CT molecular complexity index is 1850. The van der Waals surface area contributed by atoms with Crippen LogP contribution in [0.4, 0.5) is 0 Å². The van der Waals surface area contributed by atoms with Crippen molar-refractivity contribution in [3.63, 3.8) is 0 Å². The predicted molar refractivity (Wildman–Crippen MR) is 203 cm³/mol. The summed E-state index contributed by atoms with van der Waals surface area (Å²) in [6, 6.07) is -6.77. The van der Waals surface area contributed by atoms with E-state index in [-0.39, 0.29) is 23.7 Å². The van der Waals surface area contributed by atoms with Gasteiger partial charge in [-0.1, -0.05) is 19.9 Å². The molecule has 0 bridgehead atoms. The lowest BCUT2D eigenvalue weighted by Gasteiger charge is -2.27. The van der Waals surface area contributed by atoms with E-state index in [9.17, 15) is 72.9 Å². The van der Waals surface area contributed by atoms with Gasteiger partial charge in [0.2, 0.25) is 41.4 Å². The second-order valence-electron chi connectivity index (χ2n) is 13.9. The van der Waals surface area contributed by atoms with Gasteiger partial charge in [-0.3, -0.25) is 47.9 Å². The van der Waals surface area contributed by atoms with Crippen LogP contribution in [-0.2, 0) is 59.2 Å². The molecule has 336 valence electrons. The summed E-state index contributed by atoms with van der Waals surface area (Å²) in [4.78, 5) is 148. The fraction of sp³-hybridized carbons (Fsp3) is 0.500. The van der Waals surface area contributed by atoms with Crippen LogP contribution in [0, 0.1) is 5.92 Å². The normalized spacial score (nSPS) is 13.7. The van der Waals surface area contributed by atoms with Gasteiger partial charge in [0.15, 0.2) is 6.61 Å². The average molecular weight is 868 g/mol. The number of hydrogen-bond acceptors (Lipinski definition) is 13. The van der Waals surface area contributed by atoms with Crippen LogP contribution >= 0.6 is 0 Å². The van der Waals surface area contributed by atoms with E-state index in [1.807, 2.05) is 0 Å². The number of primary amides is 1. The zero-order valence-corrected chi connectivity index (χ0v) is 33.3. The van der Waals surface area contributed by atoms with Crippen molar-refractivity contribution < 1.29 is 87.8 Å². The van der Waals surface area contributed by atoms with Gasteiger partial charge in [-0.2, -0.15) is 0 Å². The van der Waals surface area contributed by atoms with Gasteiger partial charge in [-0.25, -0.2) is 9.59 Å². The van der Waals surface area contributed by atoms with Gasteiger partial charge in [-0.15, -0.1) is 0 Å². The summed E-state index contributed by atoms with van der Waals surface area (Å²) in [5, 5.41) is 59.7. The van der Waals surface area contributed by atoms with Crippen LogP contribution < -0.4 is 42.4 Å². The number of carbonyl (C=O) groups is 12. The Kier molecular flexibility index (Phi) is 20.8. The van der Waals surface area contributed by atoms with Gasteiger partial charge in [0.1, 0.15) is 47.6 Å². The molecule has 0 spiro atoms. The molecule has 0 aliphatic heterocycles. The molecule has 1 aromatic carbocycles. The summed E-state index contributed by atoms with van der Waals surface area (Å²) in [6.07, 6.45) is -4.00. The third-order valence-electron chi connectivity index (χ3n) is 8.18. The molecular formula is C36H49N7O18. The maximum absolute atomic E-state index is 13.8. The topological polar surface area (TPSA) is 413 Å². The quantitative estimate of drug-likeness (QED) is 0.0412. The van der Waals surface area contributed by atoms with Crippen molar-refractivity contribution in [1.82, 2.24) is 31.9 Å². The number of rotatable bonds is 27. The summed E-state index contributed by atoms with van der Waals surface area (Å²) >= 11 is 0. The highest BCUT2D eigenvalue weighted by Gasteiger charge is 2.34. The molecule has 13 N–H and O–H groups in total. The highest BCUT2D eigenvalue weighted by molar-refractivity contribution is 5.98. The molecule has 7 amide bonds. The fourth-order valence-corrected chi connectivity index (χ4v) is 5.34. The van der Waals surface area contributed by atoms with E-state index in [1.54, 1.807) is 13.8 Å². The zero-order valence-electron chi connectivity index (χ0n) is 33.3. The third-order valence-corrected chi connectivity index (χ3v) is 8.18. The predicted octanol–water partition coefficient (Wildman–Crippen LogP) is -3.32. The lowest BCUT2D eigenvalue weighted by molar-refractivity contribution is -0.142. The molecule has 25 nitrogen and oxygen atoms in total. The molecule has 0 fully saturated rings. The van der Waals surface area contributed by atoms with E-state index in [0.717, 1.165) is 26.0 Å². The number of amides is 7. The molecule has 0 radical (unpaired) electrons. The molecule has 6 atom stereocenters. The first kappa shape index (κ1) is 51.7. The molecule has 0 aromatic heterocycles.